The molecule has 98 valence electrons. The second kappa shape index (κ2) is 5.40. The van der Waals surface area contributed by atoms with Crippen LogP contribution in [0.15, 0.2) is 24.3 Å². The molecule has 1 aliphatic heterocycles. The Balaban J connectivity index is 2.16. The molecule has 1 fully saturated rings. The Morgan fingerprint density at radius 1 is 1.47 bits per heavy atom. The van der Waals surface area contributed by atoms with Gasteiger partial charge in [0.1, 0.15) is 0 Å². The number of carboxylic acid groups (broad SMARTS) is 1. The van der Waals surface area contributed by atoms with Gasteiger partial charge < -0.3 is 10.4 Å². The molecule has 0 spiro atoms. The molecule has 0 bridgehead atoms. The molecule has 19 heavy (non-hydrogen) atoms. The number of hydrogen-bond donors (Lipinski definition) is 2. The number of nitrogens with one attached hydrogen (secondary N) is 1. The lowest BCUT2D eigenvalue weighted by molar-refractivity contribution is -0.137. The highest BCUT2D eigenvalue weighted by atomic mass is 16.4. The molecule has 1 aromatic carbocycles. The Bertz CT molecular complexity index is 533. The van der Waals surface area contributed by atoms with Crippen LogP contribution in [-0.4, -0.2) is 29.7 Å². The summed E-state index contributed by atoms with van der Waals surface area (Å²) in [5.41, 5.74) is 1.19. The third-order valence-electron chi connectivity index (χ3n) is 3.04. The van der Waals surface area contributed by atoms with Gasteiger partial charge in [-0.15, -0.1) is 0 Å². The van der Waals surface area contributed by atoms with Gasteiger partial charge in [0.05, 0.1) is 17.7 Å². The zero-order valence-electron chi connectivity index (χ0n) is 10.2. The van der Waals surface area contributed by atoms with Crippen molar-refractivity contribution < 1.29 is 14.7 Å². The number of carbonyl (C=O) groups is 2. The zero-order valence-corrected chi connectivity index (χ0v) is 10.2. The monoisotopic (exact) mass is 259 g/mol. The molecule has 0 aromatic heterocycles. The molecular formula is C13H13N3O3. The summed E-state index contributed by atoms with van der Waals surface area (Å²) in [7, 11) is 0. The number of urea groups is 1. The topological polar surface area (TPSA) is 93.4 Å². The van der Waals surface area contributed by atoms with Crippen molar-refractivity contribution in [2.75, 3.05) is 11.4 Å². The van der Waals surface area contributed by atoms with Crippen molar-refractivity contribution in [1.82, 2.24) is 5.32 Å². The minimum absolute atomic E-state index is 0.0202. The van der Waals surface area contributed by atoms with E-state index >= 15 is 0 Å². The van der Waals surface area contributed by atoms with Crippen LogP contribution in [0.1, 0.15) is 18.4 Å². The first-order chi connectivity index (χ1) is 9.11. The molecular weight excluding hydrogens is 246 g/mol. The van der Waals surface area contributed by atoms with E-state index in [1.54, 1.807) is 29.2 Å². The summed E-state index contributed by atoms with van der Waals surface area (Å²) in [6, 6.07) is 8.26. The van der Waals surface area contributed by atoms with Crippen LogP contribution in [0.2, 0.25) is 0 Å². The van der Waals surface area contributed by atoms with Crippen LogP contribution < -0.4 is 10.2 Å². The lowest BCUT2D eigenvalue weighted by atomic mass is 10.1. The third kappa shape index (κ3) is 2.83. The minimum Gasteiger partial charge on any atom is -0.481 e. The normalized spacial score (nSPS) is 17.9. The van der Waals surface area contributed by atoms with Crippen LogP contribution in [0.3, 0.4) is 0 Å². The number of carbonyl (C=O) groups excluding carboxylic acids is 1. The largest absolute Gasteiger partial charge is 0.481 e. The zero-order chi connectivity index (χ0) is 13.8. The fraction of sp³-hybridized carbons (Fsp3) is 0.308. The van der Waals surface area contributed by atoms with Gasteiger partial charge in [-0.3, -0.25) is 9.69 Å². The van der Waals surface area contributed by atoms with Crippen molar-refractivity contribution in [1.29, 1.82) is 5.26 Å². The van der Waals surface area contributed by atoms with Gasteiger partial charge in [-0.2, -0.15) is 5.26 Å². The predicted molar refractivity (Wildman–Crippen MR) is 67.7 cm³/mol. The lowest BCUT2D eigenvalue weighted by Crippen LogP contribution is -2.34. The number of carboxylic acids is 1. The number of hydrogen-bond acceptors (Lipinski definition) is 3. The minimum atomic E-state index is -0.876. The van der Waals surface area contributed by atoms with Crippen LogP contribution in [0, 0.1) is 11.3 Å². The summed E-state index contributed by atoms with van der Waals surface area (Å²) in [5, 5.41) is 20.1. The van der Waals surface area contributed by atoms with E-state index < -0.39 is 5.97 Å². The van der Waals surface area contributed by atoms with Crippen LogP contribution in [0.5, 0.6) is 0 Å². The number of aliphatic carboxylic acids is 1. The number of benzene rings is 1. The Hall–Kier alpha value is -2.55. The average Bonchev–Trinajstić information content (AvgIpc) is 2.78. The number of nitrogens with zero attached hydrogens (tertiary/aromatic N) is 2. The van der Waals surface area contributed by atoms with E-state index in [2.05, 4.69) is 5.32 Å². The number of anilines is 1. The third-order valence-corrected chi connectivity index (χ3v) is 3.04. The van der Waals surface area contributed by atoms with Crippen molar-refractivity contribution >= 4 is 17.7 Å². The maximum absolute atomic E-state index is 11.8. The molecule has 1 unspecified atom stereocenters. The van der Waals surface area contributed by atoms with E-state index in [1.807, 2.05) is 6.07 Å². The van der Waals surface area contributed by atoms with Gasteiger partial charge in [-0.25, -0.2) is 4.79 Å². The molecule has 1 heterocycles. The van der Waals surface area contributed by atoms with Crippen LogP contribution >= 0.6 is 0 Å². The van der Waals surface area contributed by atoms with Crippen molar-refractivity contribution in [2.45, 2.75) is 18.9 Å². The van der Waals surface area contributed by atoms with E-state index in [0.717, 1.165) is 0 Å². The molecule has 2 rings (SSSR count). The quantitative estimate of drug-likeness (QED) is 0.852. The summed E-state index contributed by atoms with van der Waals surface area (Å²) >= 11 is 0. The predicted octanol–water partition coefficient (Wildman–Crippen LogP) is 1.32. The molecule has 2 amide bonds. The van der Waals surface area contributed by atoms with Crippen LogP contribution in [0.25, 0.3) is 0 Å². The fourth-order valence-electron chi connectivity index (χ4n) is 2.09. The Morgan fingerprint density at radius 2 is 2.16 bits per heavy atom. The summed E-state index contributed by atoms with van der Waals surface area (Å²) in [5.74, 6) is -0.876. The molecule has 1 saturated heterocycles. The van der Waals surface area contributed by atoms with Gasteiger partial charge in [0.2, 0.25) is 0 Å². The highest BCUT2D eigenvalue weighted by Crippen LogP contribution is 2.23. The number of amides is 2. The molecule has 6 heteroatoms. The van der Waals surface area contributed by atoms with Gasteiger partial charge in [-0.05, 0) is 30.7 Å². The maximum Gasteiger partial charge on any atom is 0.322 e. The van der Waals surface area contributed by atoms with Gasteiger partial charge in [0.25, 0.3) is 0 Å². The summed E-state index contributed by atoms with van der Waals surface area (Å²) in [6.07, 6.45) is 0.417. The van der Waals surface area contributed by atoms with E-state index in [0.29, 0.717) is 24.2 Å². The first-order valence-corrected chi connectivity index (χ1v) is 5.91. The highest BCUT2D eigenvalue weighted by Gasteiger charge is 2.31. The second-order valence-electron chi connectivity index (χ2n) is 4.30. The first-order valence-electron chi connectivity index (χ1n) is 5.91. The van der Waals surface area contributed by atoms with E-state index in [1.165, 1.54) is 0 Å². The molecule has 0 aliphatic carbocycles. The van der Waals surface area contributed by atoms with Crippen LogP contribution in [-0.2, 0) is 4.79 Å². The van der Waals surface area contributed by atoms with Crippen molar-refractivity contribution in [3.05, 3.63) is 29.8 Å². The SMILES string of the molecule is N#Cc1ccc(N2C(=O)NCC2CCC(=O)O)cc1. The fourth-order valence-corrected chi connectivity index (χ4v) is 2.09. The lowest BCUT2D eigenvalue weighted by Gasteiger charge is -2.22. The molecule has 6 nitrogen and oxygen atoms in total. The van der Waals surface area contributed by atoms with Crippen molar-refractivity contribution in [3.8, 4) is 6.07 Å². The van der Waals surface area contributed by atoms with Crippen molar-refractivity contribution in [2.24, 2.45) is 0 Å². The van der Waals surface area contributed by atoms with Gasteiger partial charge in [-0.1, -0.05) is 0 Å². The smallest absolute Gasteiger partial charge is 0.322 e. The highest BCUT2D eigenvalue weighted by molar-refractivity contribution is 5.95. The second-order valence-corrected chi connectivity index (χ2v) is 4.30. The molecule has 1 atom stereocenters. The summed E-state index contributed by atoms with van der Waals surface area (Å²) in [4.78, 5) is 23.9. The molecule has 1 aromatic rings. The standard InChI is InChI=1S/C13H13N3O3/c14-7-9-1-3-10(4-2-9)16-11(5-6-12(17)18)8-15-13(16)19/h1-4,11H,5-6,8H2,(H,15,19)(H,17,18). The van der Waals surface area contributed by atoms with Crippen molar-refractivity contribution in [3.63, 3.8) is 0 Å². The Labute approximate surface area is 110 Å². The van der Waals surface area contributed by atoms with E-state index in [4.69, 9.17) is 10.4 Å². The Kier molecular flexibility index (Phi) is 3.66. The van der Waals surface area contributed by atoms with Gasteiger partial charge in [0.15, 0.2) is 0 Å². The van der Waals surface area contributed by atoms with Gasteiger partial charge in [0, 0.05) is 18.7 Å². The number of rotatable bonds is 4. The van der Waals surface area contributed by atoms with Crippen LogP contribution in [0.4, 0.5) is 10.5 Å². The molecule has 1 aliphatic rings. The number of nitriles is 1. The summed E-state index contributed by atoms with van der Waals surface area (Å²) < 4.78 is 0. The van der Waals surface area contributed by atoms with E-state index in [9.17, 15) is 9.59 Å². The maximum atomic E-state index is 11.8. The summed E-state index contributed by atoms with van der Waals surface area (Å²) in [6.45, 7) is 0.437. The molecule has 2 N–H and O–H groups in total. The molecule has 0 radical (unpaired) electrons. The average molecular weight is 259 g/mol. The van der Waals surface area contributed by atoms with Gasteiger partial charge >= 0.3 is 12.0 Å². The Morgan fingerprint density at radius 3 is 2.74 bits per heavy atom. The molecule has 0 saturated carbocycles. The first kappa shape index (κ1) is 12.9. The van der Waals surface area contributed by atoms with E-state index in [-0.39, 0.29) is 18.5 Å².